The highest BCUT2D eigenvalue weighted by Gasteiger charge is 2.44. The third-order valence-corrected chi connectivity index (χ3v) is 4.67. The summed E-state index contributed by atoms with van der Waals surface area (Å²) in [6, 6.07) is 9.10. The summed E-state index contributed by atoms with van der Waals surface area (Å²) in [5.41, 5.74) is 5.27. The van der Waals surface area contributed by atoms with E-state index in [1.165, 1.54) is 10.9 Å². The average Bonchev–Trinajstić information content (AvgIpc) is 3.35. The van der Waals surface area contributed by atoms with E-state index in [-0.39, 0.29) is 35.5 Å². The van der Waals surface area contributed by atoms with Gasteiger partial charge in [0.05, 0.1) is 30.0 Å². The van der Waals surface area contributed by atoms with Crippen molar-refractivity contribution in [3.8, 4) is 11.4 Å². The van der Waals surface area contributed by atoms with E-state index in [9.17, 15) is 14.7 Å². The largest absolute Gasteiger partial charge is 0.504 e. The van der Waals surface area contributed by atoms with E-state index in [1.807, 2.05) is 18.2 Å². The molecule has 8 nitrogen and oxygen atoms in total. The van der Waals surface area contributed by atoms with Gasteiger partial charge in [0.2, 0.25) is 5.91 Å². The predicted molar refractivity (Wildman–Crippen MR) is 86.8 cm³/mol. The molecule has 0 saturated carbocycles. The molecule has 25 heavy (non-hydrogen) atoms. The lowest BCUT2D eigenvalue weighted by molar-refractivity contribution is -0.127. The van der Waals surface area contributed by atoms with Gasteiger partial charge in [-0.05, 0) is 31.4 Å². The van der Waals surface area contributed by atoms with Crippen LogP contribution < -0.4 is 10.9 Å². The summed E-state index contributed by atoms with van der Waals surface area (Å²) in [5, 5.41) is 14.0. The molecule has 130 valence electrons. The van der Waals surface area contributed by atoms with Crippen molar-refractivity contribution in [2.45, 2.75) is 31.5 Å². The van der Waals surface area contributed by atoms with Gasteiger partial charge >= 0.3 is 0 Å². The number of nitrogens with zero attached hydrogens (tertiary/aromatic N) is 2. The molecule has 0 aliphatic carbocycles. The van der Waals surface area contributed by atoms with Crippen molar-refractivity contribution < 1.29 is 19.4 Å². The van der Waals surface area contributed by atoms with Crippen LogP contribution in [0.2, 0.25) is 0 Å². The SMILES string of the molecule is O=C(NNC(=O)[C@@H]1C[C@H]2CC[C@@H]1O2)c1nn(-c2ccccc2)cc1O. The van der Waals surface area contributed by atoms with Crippen LogP contribution in [0.3, 0.4) is 0 Å². The van der Waals surface area contributed by atoms with Crippen LogP contribution in [0.4, 0.5) is 0 Å². The van der Waals surface area contributed by atoms with Crippen LogP contribution in [0.25, 0.3) is 5.69 Å². The second kappa shape index (κ2) is 6.21. The molecule has 8 heteroatoms. The molecule has 4 rings (SSSR count). The molecule has 1 aromatic heterocycles. The van der Waals surface area contributed by atoms with E-state index >= 15 is 0 Å². The van der Waals surface area contributed by atoms with Crippen LogP contribution in [0.1, 0.15) is 29.8 Å². The summed E-state index contributed by atoms with van der Waals surface area (Å²) in [4.78, 5) is 24.4. The minimum absolute atomic E-state index is 0.0624. The van der Waals surface area contributed by atoms with Crippen molar-refractivity contribution in [3.63, 3.8) is 0 Å². The normalized spacial score (nSPS) is 24.2. The Morgan fingerprint density at radius 2 is 2.00 bits per heavy atom. The fourth-order valence-corrected chi connectivity index (χ4v) is 3.42. The van der Waals surface area contributed by atoms with Gasteiger partial charge in [-0.1, -0.05) is 18.2 Å². The fraction of sp³-hybridized carbons (Fsp3) is 0.353. The second-order valence-corrected chi connectivity index (χ2v) is 6.30. The number of benzene rings is 1. The van der Waals surface area contributed by atoms with Crippen molar-refractivity contribution in [1.82, 2.24) is 20.6 Å². The van der Waals surface area contributed by atoms with Gasteiger partial charge < -0.3 is 9.84 Å². The van der Waals surface area contributed by atoms with E-state index in [0.717, 1.165) is 12.8 Å². The van der Waals surface area contributed by atoms with Crippen molar-refractivity contribution >= 4 is 11.8 Å². The zero-order valence-electron chi connectivity index (χ0n) is 13.4. The molecule has 0 spiro atoms. The molecule has 0 radical (unpaired) electrons. The minimum atomic E-state index is -0.676. The summed E-state index contributed by atoms with van der Waals surface area (Å²) in [6.45, 7) is 0. The molecule has 2 aliphatic rings. The third-order valence-electron chi connectivity index (χ3n) is 4.67. The van der Waals surface area contributed by atoms with E-state index < -0.39 is 5.91 Å². The van der Waals surface area contributed by atoms with Crippen LogP contribution in [-0.4, -0.2) is 38.9 Å². The quantitative estimate of drug-likeness (QED) is 0.719. The molecular formula is C17H18N4O4. The molecule has 3 N–H and O–H groups in total. The minimum Gasteiger partial charge on any atom is -0.504 e. The molecular weight excluding hydrogens is 324 g/mol. The van der Waals surface area contributed by atoms with Gasteiger partial charge in [-0.2, -0.15) is 5.10 Å². The highest BCUT2D eigenvalue weighted by Crippen LogP contribution is 2.38. The number of aromatic nitrogens is 2. The van der Waals surface area contributed by atoms with Gasteiger partial charge in [0, 0.05) is 0 Å². The van der Waals surface area contributed by atoms with Crippen molar-refractivity contribution in [2.24, 2.45) is 5.92 Å². The van der Waals surface area contributed by atoms with Gasteiger partial charge in [-0.15, -0.1) is 0 Å². The van der Waals surface area contributed by atoms with Crippen LogP contribution in [-0.2, 0) is 9.53 Å². The lowest BCUT2D eigenvalue weighted by atomic mass is 9.89. The predicted octanol–water partition coefficient (Wildman–Crippen LogP) is 0.906. The Morgan fingerprint density at radius 1 is 1.20 bits per heavy atom. The molecule has 3 heterocycles. The Bertz CT molecular complexity index is 804. The van der Waals surface area contributed by atoms with E-state index in [2.05, 4.69) is 16.0 Å². The first-order valence-corrected chi connectivity index (χ1v) is 8.21. The Morgan fingerprint density at radius 3 is 2.68 bits per heavy atom. The molecule has 2 aliphatic heterocycles. The lowest BCUT2D eigenvalue weighted by Crippen LogP contribution is -2.46. The molecule has 2 amide bonds. The van der Waals surface area contributed by atoms with Gasteiger partial charge in [0.25, 0.3) is 5.91 Å². The summed E-state index contributed by atoms with van der Waals surface area (Å²) >= 11 is 0. The Hall–Kier alpha value is -2.87. The number of carbonyl (C=O) groups excluding carboxylic acids is 2. The second-order valence-electron chi connectivity index (χ2n) is 6.30. The number of aromatic hydroxyl groups is 1. The van der Waals surface area contributed by atoms with Gasteiger partial charge in [-0.3, -0.25) is 20.4 Å². The van der Waals surface area contributed by atoms with E-state index in [4.69, 9.17) is 4.74 Å². The number of nitrogens with one attached hydrogen (secondary N) is 2. The maximum atomic E-state index is 12.2. The monoisotopic (exact) mass is 342 g/mol. The number of amides is 2. The number of hydrogen-bond donors (Lipinski definition) is 3. The first-order valence-electron chi connectivity index (χ1n) is 8.21. The lowest BCUT2D eigenvalue weighted by Gasteiger charge is -2.17. The summed E-state index contributed by atoms with van der Waals surface area (Å²) in [5.74, 6) is -1.46. The number of fused-ring (bicyclic) bond motifs is 2. The first-order chi connectivity index (χ1) is 12.1. The fourth-order valence-electron chi connectivity index (χ4n) is 3.42. The summed E-state index contributed by atoms with van der Waals surface area (Å²) in [7, 11) is 0. The number of ether oxygens (including phenoxy) is 1. The molecule has 2 fully saturated rings. The third kappa shape index (κ3) is 2.96. The van der Waals surface area contributed by atoms with Gasteiger partial charge in [-0.25, -0.2) is 4.68 Å². The maximum Gasteiger partial charge on any atom is 0.294 e. The molecule has 1 aromatic carbocycles. The topological polar surface area (TPSA) is 105 Å². The van der Waals surface area contributed by atoms with E-state index in [0.29, 0.717) is 12.1 Å². The first kappa shape index (κ1) is 15.6. The van der Waals surface area contributed by atoms with Crippen molar-refractivity contribution in [3.05, 3.63) is 42.2 Å². The van der Waals surface area contributed by atoms with Crippen molar-refractivity contribution in [2.75, 3.05) is 0 Å². The zero-order chi connectivity index (χ0) is 17.4. The molecule has 3 atom stereocenters. The smallest absolute Gasteiger partial charge is 0.294 e. The Labute approximate surface area is 143 Å². The molecule has 2 aromatic rings. The highest BCUT2D eigenvalue weighted by atomic mass is 16.5. The standard InChI is InChI=1S/C17H18N4O4/c22-13-9-21(10-4-2-1-3-5-10)20-15(13)17(24)19-18-16(23)12-8-11-6-7-14(12)25-11/h1-5,9,11-12,14,22H,6-8H2,(H,18,23)(H,19,24)/t11-,12-,14+/m1/s1. The number of hydrazine groups is 1. The van der Waals surface area contributed by atoms with Crippen LogP contribution in [0.15, 0.2) is 36.5 Å². The Kier molecular flexibility index (Phi) is 3.89. The maximum absolute atomic E-state index is 12.2. The molecule has 0 unspecified atom stereocenters. The molecule has 2 saturated heterocycles. The molecule has 2 bridgehead atoms. The highest BCUT2D eigenvalue weighted by molar-refractivity contribution is 5.96. The Balaban J connectivity index is 1.40. The van der Waals surface area contributed by atoms with Gasteiger partial charge in [0.15, 0.2) is 11.4 Å². The number of para-hydroxylation sites is 1. The number of hydrogen-bond acceptors (Lipinski definition) is 5. The van der Waals surface area contributed by atoms with Gasteiger partial charge in [0.1, 0.15) is 0 Å². The summed E-state index contributed by atoms with van der Waals surface area (Å²) in [6.07, 6.45) is 3.98. The van der Waals surface area contributed by atoms with Crippen LogP contribution >= 0.6 is 0 Å². The van der Waals surface area contributed by atoms with E-state index in [1.54, 1.807) is 12.1 Å². The zero-order valence-corrected chi connectivity index (χ0v) is 13.4. The average molecular weight is 342 g/mol. The van der Waals surface area contributed by atoms with Crippen molar-refractivity contribution in [1.29, 1.82) is 0 Å². The summed E-state index contributed by atoms with van der Waals surface area (Å²) < 4.78 is 7.04. The number of carbonyl (C=O) groups is 2. The van der Waals surface area contributed by atoms with Crippen LogP contribution in [0.5, 0.6) is 5.75 Å². The van der Waals surface area contributed by atoms with Crippen LogP contribution in [0, 0.1) is 5.92 Å². The number of rotatable bonds is 3.